The summed E-state index contributed by atoms with van der Waals surface area (Å²) in [6, 6.07) is 6.62. The van der Waals surface area contributed by atoms with Crippen molar-refractivity contribution in [3.63, 3.8) is 0 Å². The van der Waals surface area contributed by atoms with E-state index in [-0.39, 0.29) is 6.04 Å². The van der Waals surface area contributed by atoms with Crippen LogP contribution in [0.3, 0.4) is 0 Å². The fraction of sp³-hybridized carbons (Fsp3) is 0.647. The minimum Gasteiger partial charge on any atom is -0.371 e. The summed E-state index contributed by atoms with van der Waals surface area (Å²) in [5.41, 5.74) is 8.75. The van der Waals surface area contributed by atoms with Crippen molar-refractivity contribution in [2.45, 2.75) is 52.0 Å². The Labute approximate surface area is 131 Å². The maximum absolute atomic E-state index is 6.16. The highest BCUT2D eigenvalue weighted by Crippen LogP contribution is 2.31. The van der Waals surface area contributed by atoms with E-state index in [0.717, 1.165) is 10.4 Å². The average molecular weight is 339 g/mol. The van der Waals surface area contributed by atoms with Gasteiger partial charge < -0.3 is 10.6 Å². The summed E-state index contributed by atoms with van der Waals surface area (Å²) in [6.07, 6.45) is 6.71. The van der Waals surface area contributed by atoms with Crippen molar-refractivity contribution < 1.29 is 0 Å². The molecule has 2 rings (SSSR count). The number of anilines is 1. The number of nitrogens with zero attached hydrogens (tertiary/aromatic N) is 1. The maximum atomic E-state index is 6.16. The standard InChI is InChI=1S/C17H27BrN2/c1-3-5-14-6-4-10-20(11-9-14)17-8-7-15(18)12-16(17)13(2)19/h7-8,12-14H,3-6,9-11,19H2,1-2H3. The highest BCUT2D eigenvalue weighted by molar-refractivity contribution is 9.10. The SMILES string of the molecule is CCCC1CCCN(c2ccc(Br)cc2C(C)N)CC1. The maximum Gasteiger partial charge on any atom is 0.0415 e. The van der Waals surface area contributed by atoms with E-state index in [0.29, 0.717) is 0 Å². The molecule has 1 heterocycles. The molecule has 112 valence electrons. The predicted molar refractivity (Wildman–Crippen MR) is 91.2 cm³/mol. The van der Waals surface area contributed by atoms with E-state index in [1.807, 2.05) is 0 Å². The van der Waals surface area contributed by atoms with Crippen molar-refractivity contribution in [2.24, 2.45) is 11.7 Å². The molecule has 2 unspecified atom stereocenters. The molecule has 0 saturated carbocycles. The Morgan fingerprint density at radius 3 is 2.85 bits per heavy atom. The van der Waals surface area contributed by atoms with Crippen LogP contribution < -0.4 is 10.6 Å². The molecular formula is C17H27BrN2. The van der Waals surface area contributed by atoms with Crippen LogP contribution >= 0.6 is 15.9 Å². The molecule has 3 heteroatoms. The van der Waals surface area contributed by atoms with Gasteiger partial charge in [-0.3, -0.25) is 0 Å². The fourth-order valence-corrected chi connectivity index (χ4v) is 3.66. The van der Waals surface area contributed by atoms with Gasteiger partial charge in [-0.05, 0) is 55.9 Å². The summed E-state index contributed by atoms with van der Waals surface area (Å²) in [5, 5.41) is 0. The normalized spacial score (nSPS) is 21.6. The van der Waals surface area contributed by atoms with Crippen LogP contribution in [0.2, 0.25) is 0 Å². The quantitative estimate of drug-likeness (QED) is 0.847. The molecular weight excluding hydrogens is 312 g/mol. The van der Waals surface area contributed by atoms with Gasteiger partial charge in [0.15, 0.2) is 0 Å². The molecule has 0 aromatic heterocycles. The second kappa shape index (κ2) is 7.46. The molecule has 1 aliphatic heterocycles. The number of hydrogen-bond acceptors (Lipinski definition) is 2. The zero-order valence-corrected chi connectivity index (χ0v) is 14.3. The summed E-state index contributed by atoms with van der Waals surface area (Å²) >= 11 is 3.56. The van der Waals surface area contributed by atoms with Crippen molar-refractivity contribution in [3.8, 4) is 0 Å². The third kappa shape index (κ3) is 3.98. The second-order valence-corrected chi connectivity index (χ2v) is 6.98. The monoisotopic (exact) mass is 338 g/mol. The molecule has 1 aromatic rings. The number of rotatable bonds is 4. The van der Waals surface area contributed by atoms with Gasteiger partial charge in [0.25, 0.3) is 0 Å². The summed E-state index contributed by atoms with van der Waals surface area (Å²) < 4.78 is 1.12. The molecule has 2 N–H and O–H groups in total. The van der Waals surface area contributed by atoms with E-state index in [1.165, 1.54) is 56.4 Å². The molecule has 0 amide bonds. The second-order valence-electron chi connectivity index (χ2n) is 6.06. The number of hydrogen-bond donors (Lipinski definition) is 1. The van der Waals surface area contributed by atoms with Gasteiger partial charge in [0.2, 0.25) is 0 Å². The summed E-state index contributed by atoms with van der Waals surface area (Å²) in [5.74, 6) is 0.916. The molecule has 1 fully saturated rings. The molecule has 2 atom stereocenters. The Morgan fingerprint density at radius 2 is 2.15 bits per heavy atom. The Morgan fingerprint density at radius 1 is 1.35 bits per heavy atom. The van der Waals surface area contributed by atoms with Crippen molar-refractivity contribution in [1.29, 1.82) is 0 Å². The Hall–Kier alpha value is -0.540. The van der Waals surface area contributed by atoms with Crippen molar-refractivity contribution in [2.75, 3.05) is 18.0 Å². The molecule has 0 radical (unpaired) electrons. The van der Waals surface area contributed by atoms with Gasteiger partial charge in [0.05, 0.1) is 0 Å². The van der Waals surface area contributed by atoms with Crippen LogP contribution in [0.4, 0.5) is 5.69 Å². The predicted octanol–water partition coefficient (Wildman–Crippen LogP) is 4.88. The summed E-state index contributed by atoms with van der Waals surface area (Å²) in [6.45, 7) is 6.71. The molecule has 1 saturated heterocycles. The summed E-state index contributed by atoms with van der Waals surface area (Å²) in [7, 11) is 0. The molecule has 0 bridgehead atoms. The smallest absolute Gasteiger partial charge is 0.0415 e. The van der Waals surface area contributed by atoms with E-state index < -0.39 is 0 Å². The highest BCUT2D eigenvalue weighted by Gasteiger charge is 2.19. The third-order valence-corrected chi connectivity index (χ3v) is 4.86. The topological polar surface area (TPSA) is 29.3 Å². The lowest BCUT2D eigenvalue weighted by molar-refractivity contribution is 0.435. The first-order valence-corrected chi connectivity index (χ1v) is 8.71. The van der Waals surface area contributed by atoms with Crippen molar-refractivity contribution in [1.82, 2.24) is 0 Å². The van der Waals surface area contributed by atoms with E-state index in [9.17, 15) is 0 Å². The first kappa shape index (κ1) is 15.8. The van der Waals surface area contributed by atoms with E-state index in [1.54, 1.807) is 0 Å². The van der Waals surface area contributed by atoms with Gasteiger partial charge in [-0.1, -0.05) is 35.7 Å². The van der Waals surface area contributed by atoms with Crippen LogP contribution in [-0.4, -0.2) is 13.1 Å². The lowest BCUT2D eigenvalue weighted by atomic mass is 9.96. The third-order valence-electron chi connectivity index (χ3n) is 4.37. The Kier molecular flexibility index (Phi) is 5.91. The molecule has 0 aliphatic carbocycles. The van der Waals surface area contributed by atoms with Crippen LogP contribution in [0.1, 0.15) is 57.6 Å². The zero-order valence-electron chi connectivity index (χ0n) is 12.7. The van der Waals surface area contributed by atoms with Gasteiger partial charge in [0.1, 0.15) is 0 Å². The average Bonchev–Trinajstić information content (AvgIpc) is 2.65. The molecule has 1 aliphatic rings. The number of benzene rings is 1. The molecule has 1 aromatic carbocycles. The van der Waals surface area contributed by atoms with E-state index in [4.69, 9.17) is 5.73 Å². The first-order valence-electron chi connectivity index (χ1n) is 7.91. The van der Waals surface area contributed by atoms with Crippen LogP contribution in [-0.2, 0) is 0 Å². The minimum atomic E-state index is 0.0807. The number of nitrogens with two attached hydrogens (primary N) is 1. The fourth-order valence-electron chi connectivity index (χ4n) is 3.28. The number of halogens is 1. The van der Waals surface area contributed by atoms with Gasteiger partial charge in [0, 0.05) is 29.3 Å². The minimum absolute atomic E-state index is 0.0807. The lowest BCUT2D eigenvalue weighted by Crippen LogP contribution is -2.26. The van der Waals surface area contributed by atoms with Gasteiger partial charge >= 0.3 is 0 Å². The van der Waals surface area contributed by atoms with Crippen LogP contribution in [0.5, 0.6) is 0 Å². The van der Waals surface area contributed by atoms with E-state index >= 15 is 0 Å². The van der Waals surface area contributed by atoms with Crippen molar-refractivity contribution >= 4 is 21.6 Å². The molecule has 0 spiro atoms. The van der Waals surface area contributed by atoms with Crippen LogP contribution in [0.25, 0.3) is 0 Å². The highest BCUT2D eigenvalue weighted by atomic mass is 79.9. The first-order chi connectivity index (χ1) is 9.61. The van der Waals surface area contributed by atoms with E-state index in [2.05, 4.69) is 52.9 Å². The van der Waals surface area contributed by atoms with Crippen LogP contribution in [0.15, 0.2) is 22.7 Å². The van der Waals surface area contributed by atoms with Gasteiger partial charge in [-0.25, -0.2) is 0 Å². The Balaban J connectivity index is 2.15. The van der Waals surface area contributed by atoms with Crippen LogP contribution in [0, 0.1) is 5.92 Å². The van der Waals surface area contributed by atoms with Gasteiger partial charge in [-0.15, -0.1) is 0 Å². The van der Waals surface area contributed by atoms with Crippen molar-refractivity contribution in [3.05, 3.63) is 28.2 Å². The van der Waals surface area contributed by atoms with Gasteiger partial charge in [-0.2, -0.15) is 0 Å². The lowest BCUT2D eigenvalue weighted by Gasteiger charge is -2.27. The zero-order chi connectivity index (χ0) is 14.5. The molecule has 2 nitrogen and oxygen atoms in total. The molecule has 20 heavy (non-hydrogen) atoms. The summed E-state index contributed by atoms with van der Waals surface area (Å²) in [4.78, 5) is 2.54. The Bertz CT molecular complexity index is 431. The largest absolute Gasteiger partial charge is 0.371 e.